The van der Waals surface area contributed by atoms with E-state index in [-0.39, 0.29) is 0 Å². The van der Waals surface area contributed by atoms with Gasteiger partial charge in [-0.25, -0.2) is 0 Å². The Morgan fingerprint density at radius 3 is 2.50 bits per heavy atom. The molecular formula is C8H16GaN. The van der Waals surface area contributed by atoms with Gasteiger partial charge in [-0.15, -0.1) is 0 Å². The van der Waals surface area contributed by atoms with E-state index in [2.05, 4.69) is 19.2 Å². The minimum absolute atomic E-state index is 0.570. The summed E-state index contributed by atoms with van der Waals surface area (Å²) in [6.07, 6.45) is 2.80. The molecule has 0 aromatic heterocycles. The summed E-state index contributed by atoms with van der Waals surface area (Å²) in [5.74, 6) is 0.918. The molecule has 1 unspecified atom stereocenters. The Morgan fingerprint density at radius 1 is 1.50 bits per heavy atom. The van der Waals surface area contributed by atoms with Crippen molar-refractivity contribution in [3.63, 3.8) is 0 Å². The Bertz CT molecular complexity index is 100. The van der Waals surface area contributed by atoms with Gasteiger partial charge in [0.15, 0.2) is 0 Å². The monoisotopic (exact) mass is 195 g/mol. The summed E-state index contributed by atoms with van der Waals surface area (Å²) in [5.41, 5.74) is 0. The van der Waals surface area contributed by atoms with Crippen LogP contribution in [0.1, 0.15) is 26.7 Å². The number of rotatable bonds is 1. The van der Waals surface area contributed by atoms with Crippen molar-refractivity contribution in [2.24, 2.45) is 5.92 Å². The van der Waals surface area contributed by atoms with Gasteiger partial charge in [-0.3, -0.25) is 0 Å². The second-order valence-electron chi connectivity index (χ2n) is 3.86. The van der Waals surface area contributed by atoms with E-state index >= 15 is 0 Å². The molecule has 1 N–H and O–H groups in total. The van der Waals surface area contributed by atoms with Crippen LogP contribution in [-0.2, 0) is 0 Å². The van der Waals surface area contributed by atoms with E-state index in [1.54, 1.807) is 0 Å². The third kappa shape index (κ3) is 2.33. The summed E-state index contributed by atoms with van der Waals surface area (Å²) < 4.78 is 0.570. The summed E-state index contributed by atoms with van der Waals surface area (Å²) in [6.45, 7) is 7.21. The number of nitrogens with one attached hydrogen (secondary N) is 1. The van der Waals surface area contributed by atoms with Crippen LogP contribution in [0.5, 0.6) is 0 Å². The zero-order valence-electron chi connectivity index (χ0n) is 6.98. The molecule has 10 heavy (non-hydrogen) atoms. The molecule has 1 nitrogen and oxygen atoms in total. The molecule has 1 aliphatic rings. The fourth-order valence-electron chi connectivity index (χ4n) is 1.49. The van der Waals surface area contributed by atoms with Crippen molar-refractivity contribution < 1.29 is 0 Å². The Balaban J connectivity index is 2.39. The van der Waals surface area contributed by atoms with Gasteiger partial charge in [0.1, 0.15) is 0 Å². The molecule has 0 aromatic carbocycles. The molecule has 1 atom stereocenters. The summed E-state index contributed by atoms with van der Waals surface area (Å²) in [4.78, 5) is 0. The molecule has 0 amide bonds. The molecule has 1 rings (SSSR count). The first-order valence-electron chi connectivity index (χ1n) is 4.10. The maximum atomic E-state index is 3.45. The van der Waals surface area contributed by atoms with E-state index in [0.717, 1.165) is 5.92 Å². The summed E-state index contributed by atoms with van der Waals surface area (Å²) in [6, 6.07) is 0. The SMILES string of the molecule is C[C](C)([Ga])C1CCCNC1. The molecule has 0 aliphatic carbocycles. The van der Waals surface area contributed by atoms with Crippen molar-refractivity contribution >= 4 is 18.6 Å². The van der Waals surface area contributed by atoms with Gasteiger partial charge in [-0.1, -0.05) is 0 Å². The molecule has 1 heterocycles. The second kappa shape index (κ2) is 3.33. The molecule has 0 aromatic rings. The first-order chi connectivity index (χ1) is 4.61. The van der Waals surface area contributed by atoms with Crippen LogP contribution in [0.25, 0.3) is 0 Å². The third-order valence-corrected chi connectivity index (χ3v) is 3.34. The molecule has 1 aliphatic heterocycles. The zero-order chi connectivity index (χ0) is 7.61. The minimum atomic E-state index is 0.570. The van der Waals surface area contributed by atoms with Crippen LogP contribution in [-0.4, -0.2) is 31.7 Å². The number of hydrogen-bond donors (Lipinski definition) is 1. The zero-order valence-corrected chi connectivity index (χ0v) is 9.41. The molecule has 56 valence electrons. The molecule has 1 saturated heterocycles. The second-order valence-corrected chi connectivity index (χ2v) is 6.99. The van der Waals surface area contributed by atoms with Gasteiger partial charge >= 0.3 is 73.6 Å². The average Bonchev–Trinajstić information content (AvgIpc) is 1.88. The van der Waals surface area contributed by atoms with Gasteiger partial charge in [0, 0.05) is 0 Å². The molecular weight excluding hydrogens is 180 g/mol. The normalized spacial score (nSPS) is 28.4. The summed E-state index contributed by atoms with van der Waals surface area (Å²) >= 11 is 1.88. The van der Waals surface area contributed by atoms with Gasteiger partial charge < -0.3 is 0 Å². The first kappa shape index (κ1) is 8.69. The number of piperidine rings is 1. The molecule has 1 fully saturated rings. The van der Waals surface area contributed by atoms with Crippen molar-refractivity contribution in [3.8, 4) is 0 Å². The third-order valence-electron chi connectivity index (χ3n) is 2.35. The van der Waals surface area contributed by atoms with Crippen molar-refractivity contribution in [3.05, 3.63) is 0 Å². The average molecular weight is 196 g/mol. The molecule has 0 saturated carbocycles. The van der Waals surface area contributed by atoms with Crippen LogP contribution in [0.4, 0.5) is 0 Å². The van der Waals surface area contributed by atoms with Crippen LogP contribution in [0.2, 0.25) is 3.97 Å². The van der Waals surface area contributed by atoms with E-state index in [1.807, 2.05) is 18.6 Å². The van der Waals surface area contributed by atoms with E-state index in [4.69, 9.17) is 0 Å². The Kier molecular flexibility index (Phi) is 2.89. The summed E-state index contributed by atoms with van der Waals surface area (Å²) in [5, 5.41) is 3.45. The molecule has 2 heteroatoms. The van der Waals surface area contributed by atoms with Crippen LogP contribution >= 0.6 is 0 Å². The van der Waals surface area contributed by atoms with E-state index in [0.29, 0.717) is 3.97 Å². The fourth-order valence-corrected chi connectivity index (χ4v) is 2.08. The van der Waals surface area contributed by atoms with Crippen LogP contribution in [0.3, 0.4) is 0 Å². The van der Waals surface area contributed by atoms with Crippen molar-refractivity contribution in [2.45, 2.75) is 30.7 Å². The molecule has 0 spiro atoms. The first-order valence-corrected chi connectivity index (χ1v) is 5.31. The van der Waals surface area contributed by atoms with Crippen molar-refractivity contribution in [1.29, 1.82) is 0 Å². The van der Waals surface area contributed by atoms with Crippen LogP contribution in [0, 0.1) is 5.92 Å². The summed E-state index contributed by atoms with van der Waals surface area (Å²) in [7, 11) is 0. The van der Waals surface area contributed by atoms with E-state index in [1.165, 1.54) is 25.9 Å². The van der Waals surface area contributed by atoms with Gasteiger partial charge in [0.05, 0.1) is 0 Å². The Labute approximate surface area is 73.9 Å². The Morgan fingerprint density at radius 2 is 2.20 bits per heavy atom. The van der Waals surface area contributed by atoms with E-state index < -0.39 is 0 Å². The number of hydrogen-bond acceptors (Lipinski definition) is 1. The Hall–Kier alpha value is 0.596. The topological polar surface area (TPSA) is 12.0 Å². The van der Waals surface area contributed by atoms with Gasteiger partial charge in [0.2, 0.25) is 0 Å². The standard InChI is InChI=1S/C8H16N.Ga/c1-7(2)8-4-3-5-9-6-8;/h8-9H,3-6H2,1-2H3;. The predicted molar refractivity (Wildman–Crippen MR) is 45.4 cm³/mol. The predicted octanol–water partition coefficient (Wildman–Crippen LogP) is 1.35. The van der Waals surface area contributed by atoms with Gasteiger partial charge in [-0.05, 0) is 0 Å². The van der Waals surface area contributed by atoms with Gasteiger partial charge in [0.25, 0.3) is 0 Å². The fraction of sp³-hybridized carbons (Fsp3) is 1.00. The molecule has 0 bridgehead atoms. The van der Waals surface area contributed by atoms with Crippen molar-refractivity contribution in [2.75, 3.05) is 13.1 Å². The molecule has 2 radical (unpaired) electrons. The van der Waals surface area contributed by atoms with Gasteiger partial charge in [-0.2, -0.15) is 0 Å². The maximum absolute atomic E-state index is 3.45. The van der Waals surface area contributed by atoms with Crippen molar-refractivity contribution in [1.82, 2.24) is 5.32 Å². The van der Waals surface area contributed by atoms with Crippen LogP contribution < -0.4 is 5.32 Å². The van der Waals surface area contributed by atoms with Crippen LogP contribution in [0.15, 0.2) is 0 Å². The quantitative estimate of drug-likeness (QED) is 0.624. The van der Waals surface area contributed by atoms with E-state index in [9.17, 15) is 0 Å².